The molecule has 0 fully saturated rings. The van der Waals surface area contributed by atoms with Crippen LogP contribution >= 0.6 is 0 Å². The zero-order valence-corrected chi connectivity index (χ0v) is 11.3. The number of hydrogen-bond donors (Lipinski definition) is 1. The monoisotopic (exact) mass is 273 g/mol. The van der Waals surface area contributed by atoms with E-state index in [0.717, 1.165) is 11.1 Å². The van der Waals surface area contributed by atoms with E-state index in [4.69, 9.17) is 15.0 Å². The summed E-state index contributed by atoms with van der Waals surface area (Å²) in [5.41, 5.74) is 6.98. The predicted molar refractivity (Wildman–Crippen MR) is 71.9 cm³/mol. The summed E-state index contributed by atoms with van der Waals surface area (Å²) in [6.07, 6.45) is 3.55. The van der Waals surface area contributed by atoms with Gasteiger partial charge in [0.15, 0.2) is 5.82 Å². The predicted octanol–water partition coefficient (Wildman–Crippen LogP) is 1.20. The molecule has 7 nitrogen and oxygen atoms in total. The molecule has 0 aliphatic rings. The van der Waals surface area contributed by atoms with E-state index < -0.39 is 5.54 Å². The maximum absolute atomic E-state index is 6.10. The molecule has 0 amide bonds. The number of fused-ring (bicyclic) bond motifs is 1. The Hall–Kier alpha value is -2.25. The van der Waals surface area contributed by atoms with E-state index in [1.54, 1.807) is 24.7 Å². The highest BCUT2D eigenvalue weighted by Gasteiger charge is 2.28. The van der Waals surface area contributed by atoms with Crippen molar-refractivity contribution in [3.63, 3.8) is 0 Å². The van der Waals surface area contributed by atoms with E-state index in [2.05, 4.69) is 15.2 Å². The van der Waals surface area contributed by atoms with Gasteiger partial charge in [-0.2, -0.15) is 10.1 Å². The Bertz CT molecular complexity index is 731. The van der Waals surface area contributed by atoms with E-state index in [-0.39, 0.29) is 0 Å². The molecule has 20 heavy (non-hydrogen) atoms. The zero-order chi connectivity index (χ0) is 14.2. The molecule has 3 aromatic rings. The van der Waals surface area contributed by atoms with Crippen molar-refractivity contribution in [1.29, 1.82) is 0 Å². The summed E-state index contributed by atoms with van der Waals surface area (Å²) in [6, 6.07) is 5.76. The summed E-state index contributed by atoms with van der Waals surface area (Å²) < 4.78 is 12.1. The molecule has 0 saturated carbocycles. The Kier molecular flexibility index (Phi) is 3.00. The Morgan fingerprint density at radius 1 is 1.45 bits per heavy atom. The second-order valence-corrected chi connectivity index (χ2v) is 4.86. The molecule has 0 aliphatic heterocycles. The van der Waals surface area contributed by atoms with Crippen LogP contribution < -0.4 is 5.73 Å². The number of nitrogens with two attached hydrogens (primary N) is 1. The van der Waals surface area contributed by atoms with Crippen LogP contribution in [-0.4, -0.2) is 33.5 Å². The Labute approximate surface area is 115 Å². The topological polar surface area (TPSA) is 91.5 Å². The molecule has 104 valence electrons. The van der Waals surface area contributed by atoms with Gasteiger partial charge in [0.05, 0.1) is 23.9 Å². The average molecular weight is 273 g/mol. The van der Waals surface area contributed by atoms with Crippen LogP contribution in [0.3, 0.4) is 0 Å². The molecule has 3 heterocycles. The van der Waals surface area contributed by atoms with Gasteiger partial charge in [0, 0.05) is 13.3 Å². The van der Waals surface area contributed by atoms with Crippen molar-refractivity contribution in [2.24, 2.45) is 5.73 Å². The lowest BCUT2D eigenvalue weighted by molar-refractivity contribution is 0.135. The fourth-order valence-corrected chi connectivity index (χ4v) is 2.03. The number of hydrogen-bond acceptors (Lipinski definition) is 6. The molecule has 0 spiro atoms. The van der Waals surface area contributed by atoms with E-state index in [9.17, 15) is 0 Å². The minimum absolute atomic E-state index is 0.306. The summed E-state index contributed by atoms with van der Waals surface area (Å²) in [4.78, 5) is 4.36. The lowest BCUT2D eigenvalue weighted by Crippen LogP contribution is -2.38. The summed E-state index contributed by atoms with van der Waals surface area (Å²) in [6.45, 7) is 2.10. The van der Waals surface area contributed by atoms with Crippen LogP contribution in [0, 0.1) is 0 Å². The molecule has 0 bridgehead atoms. The van der Waals surface area contributed by atoms with Gasteiger partial charge in [-0.3, -0.25) is 0 Å². The number of aromatic nitrogens is 4. The average Bonchev–Trinajstić information content (AvgIpc) is 3.05. The van der Waals surface area contributed by atoms with Crippen LogP contribution in [0.15, 0.2) is 35.1 Å². The molecule has 3 aromatic heterocycles. The Balaban J connectivity index is 2.02. The zero-order valence-electron chi connectivity index (χ0n) is 11.3. The third kappa shape index (κ3) is 2.06. The number of methoxy groups -OCH3 is 1. The van der Waals surface area contributed by atoms with Crippen LogP contribution in [0.1, 0.15) is 12.7 Å². The first-order valence-electron chi connectivity index (χ1n) is 6.16. The van der Waals surface area contributed by atoms with Gasteiger partial charge in [-0.15, -0.1) is 0 Å². The van der Waals surface area contributed by atoms with Crippen molar-refractivity contribution in [3.05, 3.63) is 36.4 Å². The first kappa shape index (κ1) is 12.8. The quantitative estimate of drug-likeness (QED) is 0.768. The van der Waals surface area contributed by atoms with Crippen LogP contribution in [0.25, 0.3) is 17.0 Å². The molecular formula is C13H15N5O2. The van der Waals surface area contributed by atoms with E-state index in [1.807, 2.05) is 24.4 Å². The van der Waals surface area contributed by atoms with Gasteiger partial charge in [-0.1, -0.05) is 11.2 Å². The number of nitrogens with zero attached hydrogens (tertiary/aromatic N) is 4. The maximum Gasteiger partial charge on any atom is 0.261 e. The molecule has 1 unspecified atom stereocenters. The molecule has 0 aliphatic carbocycles. The smallest absolute Gasteiger partial charge is 0.261 e. The molecule has 7 heteroatoms. The number of rotatable bonds is 4. The lowest BCUT2D eigenvalue weighted by atomic mass is 10.1. The first-order chi connectivity index (χ1) is 9.62. The van der Waals surface area contributed by atoms with Crippen molar-refractivity contribution in [1.82, 2.24) is 19.8 Å². The molecule has 0 radical (unpaired) electrons. The van der Waals surface area contributed by atoms with Gasteiger partial charge >= 0.3 is 0 Å². The van der Waals surface area contributed by atoms with Gasteiger partial charge in [0.25, 0.3) is 5.89 Å². The highest BCUT2D eigenvalue weighted by Crippen LogP contribution is 2.24. The molecule has 0 aromatic carbocycles. The standard InChI is InChI=1S/C13H15N5O2/c1-13(14,8-19-2)12-16-11(20-17-12)9-7-15-18-6-4-3-5-10(9)18/h3-7H,8,14H2,1-2H3. The normalized spacial score (nSPS) is 14.6. The Morgan fingerprint density at radius 2 is 2.30 bits per heavy atom. The van der Waals surface area contributed by atoms with Gasteiger partial charge in [0.2, 0.25) is 0 Å². The van der Waals surface area contributed by atoms with Crippen LogP contribution in [0.4, 0.5) is 0 Å². The van der Waals surface area contributed by atoms with Crippen molar-refractivity contribution < 1.29 is 9.26 Å². The highest BCUT2D eigenvalue weighted by molar-refractivity contribution is 5.74. The summed E-state index contributed by atoms with van der Waals surface area (Å²) in [5.74, 6) is 0.804. The van der Waals surface area contributed by atoms with Crippen molar-refractivity contribution >= 4 is 5.52 Å². The van der Waals surface area contributed by atoms with E-state index >= 15 is 0 Å². The van der Waals surface area contributed by atoms with Crippen molar-refractivity contribution in [2.75, 3.05) is 13.7 Å². The van der Waals surface area contributed by atoms with Gasteiger partial charge in [-0.05, 0) is 19.1 Å². The van der Waals surface area contributed by atoms with Crippen LogP contribution in [-0.2, 0) is 10.3 Å². The number of ether oxygens (including phenoxy) is 1. The fraction of sp³-hybridized carbons (Fsp3) is 0.308. The van der Waals surface area contributed by atoms with Crippen molar-refractivity contribution in [2.45, 2.75) is 12.5 Å². The van der Waals surface area contributed by atoms with Crippen molar-refractivity contribution in [3.8, 4) is 11.5 Å². The third-order valence-corrected chi connectivity index (χ3v) is 3.04. The van der Waals surface area contributed by atoms with Gasteiger partial charge < -0.3 is 15.0 Å². The molecule has 0 saturated heterocycles. The molecule has 3 rings (SSSR count). The fourth-order valence-electron chi connectivity index (χ4n) is 2.03. The van der Waals surface area contributed by atoms with Crippen LogP contribution in [0.5, 0.6) is 0 Å². The first-order valence-corrected chi connectivity index (χ1v) is 6.16. The van der Waals surface area contributed by atoms with Gasteiger partial charge in [0.1, 0.15) is 5.54 Å². The summed E-state index contributed by atoms with van der Waals surface area (Å²) >= 11 is 0. The molecular weight excluding hydrogens is 258 g/mol. The largest absolute Gasteiger partial charge is 0.382 e. The second-order valence-electron chi connectivity index (χ2n) is 4.86. The maximum atomic E-state index is 6.10. The molecule has 1 atom stereocenters. The minimum Gasteiger partial charge on any atom is -0.382 e. The van der Waals surface area contributed by atoms with Crippen LogP contribution in [0.2, 0.25) is 0 Å². The lowest BCUT2D eigenvalue weighted by Gasteiger charge is -2.18. The Morgan fingerprint density at radius 3 is 3.10 bits per heavy atom. The molecule has 2 N–H and O–H groups in total. The second kappa shape index (κ2) is 4.69. The summed E-state index contributed by atoms with van der Waals surface area (Å²) in [5, 5.41) is 8.18. The van der Waals surface area contributed by atoms with E-state index in [1.165, 1.54) is 0 Å². The highest BCUT2D eigenvalue weighted by atomic mass is 16.5. The van der Waals surface area contributed by atoms with E-state index in [0.29, 0.717) is 18.3 Å². The minimum atomic E-state index is -0.792. The third-order valence-electron chi connectivity index (χ3n) is 3.04. The number of pyridine rings is 1. The SMILES string of the molecule is COCC(C)(N)c1noc(-c2cnn3ccccc23)n1. The van der Waals surface area contributed by atoms with Gasteiger partial charge in [-0.25, -0.2) is 4.52 Å². The summed E-state index contributed by atoms with van der Waals surface area (Å²) in [7, 11) is 1.58.